The Bertz CT molecular complexity index is 313. The molecule has 0 aliphatic heterocycles. The van der Waals surface area contributed by atoms with Gasteiger partial charge in [0.05, 0.1) is 6.61 Å². The van der Waals surface area contributed by atoms with Crippen LogP contribution in [0.1, 0.15) is 30.7 Å². The predicted molar refractivity (Wildman–Crippen MR) is 58.2 cm³/mol. The van der Waals surface area contributed by atoms with Gasteiger partial charge in [0, 0.05) is 5.92 Å². The second kappa shape index (κ2) is 4.43. The summed E-state index contributed by atoms with van der Waals surface area (Å²) in [6.07, 6.45) is 5.74. The molecule has 1 atom stereocenters. The summed E-state index contributed by atoms with van der Waals surface area (Å²) in [6.45, 7) is 0.208. The molecule has 1 aromatic carbocycles. The quantitative estimate of drug-likeness (QED) is 0.707. The Kier molecular flexibility index (Phi) is 3.00. The van der Waals surface area contributed by atoms with Gasteiger partial charge in [0.25, 0.3) is 0 Å². The van der Waals surface area contributed by atoms with E-state index in [4.69, 9.17) is 0 Å². The number of hydrogen-bond donors (Lipinski definition) is 1. The molecule has 2 rings (SSSR count). The Labute approximate surface area is 85.1 Å². The minimum atomic E-state index is 0.208. The fraction of sp³-hybridized carbons (Fsp3) is 0.385. The molecule has 0 heterocycles. The Morgan fingerprint density at radius 1 is 1.21 bits per heavy atom. The third-order valence-corrected chi connectivity index (χ3v) is 2.94. The van der Waals surface area contributed by atoms with E-state index >= 15 is 0 Å². The van der Waals surface area contributed by atoms with Gasteiger partial charge in [0.15, 0.2) is 0 Å². The molecule has 1 nitrogen and oxygen atoms in total. The average Bonchev–Trinajstić information content (AvgIpc) is 2.30. The zero-order valence-electron chi connectivity index (χ0n) is 8.32. The minimum absolute atomic E-state index is 0.208. The lowest BCUT2D eigenvalue weighted by Gasteiger charge is -2.23. The Morgan fingerprint density at radius 2 is 2.00 bits per heavy atom. The van der Waals surface area contributed by atoms with Crippen molar-refractivity contribution in [3.05, 3.63) is 47.5 Å². The molecule has 1 N–H and O–H groups in total. The van der Waals surface area contributed by atoms with Gasteiger partial charge in [0.1, 0.15) is 0 Å². The van der Waals surface area contributed by atoms with Crippen LogP contribution in [0.4, 0.5) is 0 Å². The molecule has 1 aromatic rings. The zero-order valence-corrected chi connectivity index (χ0v) is 8.32. The van der Waals surface area contributed by atoms with Crippen molar-refractivity contribution in [1.29, 1.82) is 0 Å². The Hall–Kier alpha value is -1.08. The summed E-state index contributed by atoms with van der Waals surface area (Å²) in [4.78, 5) is 0. The molecule has 1 aliphatic rings. The monoisotopic (exact) mass is 188 g/mol. The second-order valence-electron chi connectivity index (χ2n) is 3.83. The van der Waals surface area contributed by atoms with Crippen LogP contribution in [0, 0.1) is 0 Å². The van der Waals surface area contributed by atoms with Crippen LogP contribution in [-0.4, -0.2) is 11.7 Å². The molecular weight excluding hydrogens is 172 g/mol. The van der Waals surface area contributed by atoms with Gasteiger partial charge in [0.2, 0.25) is 0 Å². The second-order valence-corrected chi connectivity index (χ2v) is 3.83. The van der Waals surface area contributed by atoms with Crippen LogP contribution >= 0.6 is 0 Å². The van der Waals surface area contributed by atoms with Gasteiger partial charge in [-0.05, 0) is 30.4 Å². The fourth-order valence-corrected chi connectivity index (χ4v) is 2.18. The van der Waals surface area contributed by atoms with Crippen LogP contribution in [0.2, 0.25) is 0 Å². The first-order chi connectivity index (χ1) is 6.92. The summed E-state index contributed by atoms with van der Waals surface area (Å²) < 4.78 is 0. The topological polar surface area (TPSA) is 20.2 Å². The largest absolute Gasteiger partial charge is 0.392 e. The Morgan fingerprint density at radius 3 is 2.71 bits per heavy atom. The third kappa shape index (κ3) is 1.88. The molecule has 0 aromatic heterocycles. The van der Waals surface area contributed by atoms with Gasteiger partial charge in [-0.2, -0.15) is 0 Å². The maximum Gasteiger partial charge on any atom is 0.0647 e. The number of hydrogen-bond acceptors (Lipinski definition) is 1. The molecule has 0 fully saturated rings. The van der Waals surface area contributed by atoms with E-state index in [1.54, 1.807) is 0 Å². The summed E-state index contributed by atoms with van der Waals surface area (Å²) in [6, 6.07) is 10.5. The predicted octanol–water partition coefficient (Wildman–Crippen LogP) is 2.87. The van der Waals surface area contributed by atoms with E-state index in [2.05, 4.69) is 30.3 Å². The van der Waals surface area contributed by atoms with Gasteiger partial charge < -0.3 is 5.11 Å². The SMILES string of the molecule is OCC1=CCCCC1c1ccccc1. The van der Waals surface area contributed by atoms with Crippen molar-refractivity contribution in [2.45, 2.75) is 25.2 Å². The van der Waals surface area contributed by atoms with Gasteiger partial charge in [-0.25, -0.2) is 0 Å². The number of rotatable bonds is 2. The van der Waals surface area contributed by atoms with Crippen LogP contribution < -0.4 is 0 Å². The molecular formula is C13H16O. The van der Waals surface area contributed by atoms with Crippen LogP contribution in [0.5, 0.6) is 0 Å². The lowest BCUT2D eigenvalue weighted by molar-refractivity contribution is 0.316. The van der Waals surface area contributed by atoms with Crippen LogP contribution in [0.25, 0.3) is 0 Å². The minimum Gasteiger partial charge on any atom is -0.392 e. The smallest absolute Gasteiger partial charge is 0.0647 e. The summed E-state index contributed by atoms with van der Waals surface area (Å²) >= 11 is 0. The van der Waals surface area contributed by atoms with E-state index in [1.165, 1.54) is 24.0 Å². The maximum absolute atomic E-state index is 9.25. The van der Waals surface area contributed by atoms with Crippen LogP contribution in [0.15, 0.2) is 42.0 Å². The maximum atomic E-state index is 9.25. The van der Waals surface area contributed by atoms with Gasteiger partial charge in [-0.1, -0.05) is 36.4 Å². The van der Waals surface area contributed by atoms with Crippen molar-refractivity contribution >= 4 is 0 Å². The molecule has 0 amide bonds. The fourth-order valence-electron chi connectivity index (χ4n) is 2.18. The van der Waals surface area contributed by atoms with E-state index in [0.29, 0.717) is 5.92 Å². The van der Waals surface area contributed by atoms with Gasteiger partial charge in [-0.3, -0.25) is 0 Å². The highest BCUT2D eigenvalue weighted by Crippen LogP contribution is 2.33. The number of aliphatic hydroxyl groups is 1. The molecule has 1 heteroatoms. The average molecular weight is 188 g/mol. The lowest BCUT2D eigenvalue weighted by Crippen LogP contribution is -2.09. The van der Waals surface area contributed by atoms with Crippen molar-refractivity contribution < 1.29 is 5.11 Å². The van der Waals surface area contributed by atoms with E-state index in [1.807, 2.05) is 6.07 Å². The summed E-state index contributed by atoms with van der Waals surface area (Å²) in [5.41, 5.74) is 2.54. The first-order valence-electron chi connectivity index (χ1n) is 5.26. The highest BCUT2D eigenvalue weighted by molar-refractivity contribution is 5.30. The normalized spacial score (nSPS) is 21.8. The number of aliphatic hydroxyl groups excluding tert-OH is 1. The zero-order chi connectivity index (χ0) is 9.80. The van der Waals surface area contributed by atoms with Gasteiger partial charge in [-0.15, -0.1) is 0 Å². The molecule has 14 heavy (non-hydrogen) atoms. The van der Waals surface area contributed by atoms with Crippen LogP contribution in [0.3, 0.4) is 0 Å². The lowest BCUT2D eigenvalue weighted by atomic mass is 9.83. The van der Waals surface area contributed by atoms with Crippen molar-refractivity contribution in [3.8, 4) is 0 Å². The third-order valence-electron chi connectivity index (χ3n) is 2.94. The van der Waals surface area contributed by atoms with E-state index in [0.717, 1.165) is 6.42 Å². The van der Waals surface area contributed by atoms with Crippen LogP contribution in [-0.2, 0) is 0 Å². The summed E-state index contributed by atoms with van der Waals surface area (Å²) in [5.74, 6) is 0.454. The first-order valence-corrected chi connectivity index (χ1v) is 5.26. The summed E-state index contributed by atoms with van der Waals surface area (Å²) in [7, 11) is 0. The molecule has 0 saturated heterocycles. The van der Waals surface area contributed by atoms with Crippen molar-refractivity contribution in [2.24, 2.45) is 0 Å². The van der Waals surface area contributed by atoms with Crippen molar-refractivity contribution in [1.82, 2.24) is 0 Å². The number of allylic oxidation sites excluding steroid dienone is 1. The van der Waals surface area contributed by atoms with Crippen molar-refractivity contribution in [2.75, 3.05) is 6.61 Å². The van der Waals surface area contributed by atoms with E-state index in [-0.39, 0.29) is 6.61 Å². The van der Waals surface area contributed by atoms with Gasteiger partial charge >= 0.3 is 0 Å². The highest BCUT2D eigenvalue weighted by Gasteiger charge is 2.18. The molecule has 0 bridgehead atoms. The first kappa shape index (κ1) is 9.47. The standard InChI is InChI=1S/C13H16O/c14-10-12-8-4-5-9-13(12)11-6-2-1-3-7-11/h1-3,6-8,13-14H,4-5,9-10H2. The van der Waals surface area contributed by atoms with E-state index in [9.17, 15) is 5.11 Å². The van der Waals surface area contributed by atoms with Crippen molar-refractivity contribution in [3.63, 3.8) is 0 Å². The molecule has 0 saturated carbocycles. The Balaban J connectivity index is 2.25. The molecule has 0 radical (unpaired) electrons. The molecule has 1 unspecified atom stereocenters. The molecule has 0 spiro atoms. The van der Waals surface area contributed by atoms with E-state index < -0.39 is 0 Å². The summed E-state index contributed by atoms with van der Waals surface area (Å²) in [5, 5.41) is 9.25. The highest BCUT2D eigenvalue weighted by atomic mass is 16.3. The molecule has 74 valence electrons. The number of benzene rings is 1. The molecule has 1 aliphatic carbocycles.